The lowest BCUT2D eigenvalue weighted by molar-refractivity contribution is 0.0949. The Morgan fingerprint density at radius 2 is 1.72 bits per heavy atom. The molecule has 0 saturated heterocycles. The fourth-order valence-corrected chi connectivity index (χ4v) is 3.56. The molecule has 2 aromatic heterocycles. The number of hydrogen-bond acceptors (Lipinski definition) is 5. The highest BCUT2D eigenvalue weighted by Crippen LogP contribution is 2.26. The number of para-hydroxylation sites is 1. The quantitative estimate of drug-likeness (QED) is 0.493. The normalized spacial score (nSPS) is 10.5. The van der Waals surface area contributed by atoms with E-state index in [-0.39, 0.29) is 18.4 Å². The first-order valence-corrected chi connectivity index (χ1v) is 9.74. The molecule has 0 aliphatic rings. The number of rotatable bonds is 6. The summed E-state index contributed by atoms with van der Waals surface area (Å²) in [6.07, 6.45) is 3.09. The molecule has 0 fully saturated rings. The van der Waals surface area contributed by atoms with Crippen LogP contribution in [0.5, 0.6) is 0 Å². The van der Waals surface area contributed by atoms with Gasteiger partial charge in [-0.2, -0.15) is 0 Å². The number of thiazole rings is 1. The topological polar surface area (TPSA) is 84.2 Å². The Balaban J connectivity index is 1.47. The number of furan rings is 1. The van der Waals surface area contributed by atoms with Gasteiger partial charge in [0.2, 0.25) is 0 Å². The second-order valence-corrected chi connectivity index (χ2v) is 7.19. The second kappa shape index (κ2) is 8.53. The summed E-state index contributed by atoms with van der Waals surface area (Å²) < 4.78 is 5.22. The fourth-order valence-electron chi connectivity index (χ4n) is 2.74. The van der Waals surface area contributed by atoms with Crippen molar-refractivity contribution in [3.8, 4) is 10.6 Å². The molecule has 0 atom stereocenters. The summed E-state index contributed by atoms with van der Waals surface area (Å²) in [4.78, 5) is 30.0. The van der Waals surface area contributed by atoms with Crippen molar-refractivity contribution >= 4 is 28.8 Å². The van der Waals surface area contributed by atoms with E-state index in [1.807, 2.05) is 30.3 Å². The van der Waals surface area contributed by atoms with Crippen LogP contribution in [-0.4, -0.2) is 16.8 Å². The molecule has 7 heteroatoms. The first-order valence-electron chi connectivity index (χ1n) is 8.93. The zero-order valence-corrected chi connectivity index (χ0v) is 16.1. The van der Waals surface area contributed by atoms with Gasteiger partial charge in [0.25, 0.3) is 11.8 Å². The SMILES string of the molecule is O=C(Nc1ccccc1C(=O)NCc1ccco1)c1cnc(-c2ccccc2)s1. The highest BCUT2D eigenvalue weighted by Gasteiger charge is 2.16. The molecule has 2 N–H and O–H groups in total. The number of anilines is 1. The van der Waals surface area contributed by atoms with Crippen molar-refractivity contribution in [2.45, 2.75) is 6.54 Å². The Hall–Kier alpha value is -3.71. The molecule has 0 saturated carbocycles. The number of nitrogens with one attached hydrogen (secondary N) is 2. The maximum absolute atomic E-state index is 12.7. The van der Waals surface area contributed by atoms with Crippen LogP contribution >= 0.6 is 11.3 Å². The molecule has 0 unspecified atom stereocenters. The maximum atomic E-state index is 12.7. The van der Waals surface area contributed by atoms with E-state index < -0.39 is 0 Å². The molecule has 0 spiro atoms. The Kier molecular flexibility index (Phi) is 5.49. The molecule has 144 valence electrons. The van der Waals surface area contributed by atoms with Crippen LogP contribution < -0.4 is 10.6 Å². The Labute approximate surface area is 171 Å². The van der Waals surface area contributed by atoms with Gasteiger partial charge in [0.1, 0.15) is 15.6 Å². The molecular weight excluding hydrogens is 386 g/mol. The first kappa shape index (κ1) is 18.6. The number of amides is 2. The fraction of sp³-hybridized carbons (Fsp3) is 0.0455. The minimum Gasteiger partial charge on any atom is -0.467 e. The Bertz CT molecular complexity index is 1120. The first-order chi connectivity index (χ1) is 14.2. The lowest BCUT2D eigenvalue weighted by Gasteiger charge is -2.10. The maximum Gasteiger partial charge on any atom is 0.267 e. The van der Waals surface area contributed by atoms with Gasteiger partial charge >= 0.3 is 0 Å². The number of benzene rings is 2. The predicted molar refractivity (Wildman–Crippen MR) is 112 cm³/mol. The molecule has 4 aromatic rings. The molecule has 0 bridgehead atoms. The number of hydrogen-bond donors (Lipinski definition) is 2. The van der Waals surface area contributed by atoms with Crippen LogP contribution in [0.4, 0.5) is 5.69 Å². The Morgan fingerprint density at radius 3 is 2.52 bits per heavy atom. The number of carbonyl (C=O) groups is 2. The molecule has 0 aliphatic carbocycles. The third kappa shape index (κ3) is 4.41. The smallest absolute Gasteiger partial charge is 0.267 e. The molecule has 0 radical (unpaired) electrons. The average molecular weight is 403 g/mol. The minimum atomic E-state index is -0.309. The highest BCUT2D eigenvalue weighted by molar-refractivity contribution is 7.17. The van der Waals surface area contributed by atoms with Crippen LogP contribution in [0.1, 0.15) is 25.8 Å². The summed E-state index contributed by atoms with van der Waals surface area (Å²) in [7, 11) is 0. The van der Waals surface area contributed by atoms with Crippen molar-refractivity contribution in [2.75, 3.05) is 5.32 Å². The van der Waals surface area contributed by atoms with Crippen molar-refractivity contribution in [1.29, 1.82) is 0 Å². The van der Waals surface area contributed by atoms with Gasteiger partial charge < -0.3 is 15.1 Å². The summed E-state index contributed by atoms with van der Waals surface area (Å²) in [5.41, 5.74) is 1.76. The zero-order valence-electron chi connectivity index (χ0n) is 15.3. The van der Waals surface area contributed by atoms with Crippen LogP contribution in [0.25, 0.3) is 10.6 Å². The molecule has 2 aromatic carbocycles. The van der Waals surface area contributed by atoms with Crippen LogP contribution in [0, 0.1) is 0 Å². The average Bonchev–Trinajstić information content (AvgIpc) is 3.45. The van der Waals surface area contributed by atoms with E-state index in [1.54, 1.807) is 48.9 Å². The summed E-state index contributed by atoms with van der Waals surface area (Å²) >= 11 is 1.30. The van der Waals surface area contributed by atoms with Gasteiger partial charge in [0, 0.05) is 5.56 Å². The van der Waals surface area contributed by atoms with Crippen molar-refractivity contribution in [3.63, 3.8) is 0 Å². The van der Waals surface area contributed by atoms with Crippen molar-refractivity contribution in [3.05, 3.63) is 95.4 Å². The summed E-state index contributed by atoms with van der Waals surface area (Å²) in [6.45, 7) is 0.267. The Morgan fingerprint density at radius 1 is 0.931 bits per heavy atom. The van der Waals surface area contributed by atoms with Gasteiger partial charge in [-0.15, -0.1) is 11.3 Å². The number of nitrogens with zero attached hydrogens (tertiary/aromatic N) is 1. The van der Waals surface area contributed by atoms with Gasteiger partial charge in [0.05, 0.1) is 30.3 Å². The molecular formula is C22H17N3O3S. The van der Waals surface area contributed by atoms with Gasteiger partial charge in [-0.3, -0.25) is 9.59 Å². The van der Waals surface area contributed by atoms with Crippen molar-refractivity contribution < 1.29 is 14.0 Å². The zero-order chi connectivity index (χ0) is 20.1. The highest BCUT2D eigenvalue weighted by atomic mass is 32.1. The molecule has 2 heterocycles. The molecule has 4 rings (SSSR count). The summed E-state index contributed by atoms with van der Waals surface area (Å²) in [5, 5.41) is 6.36. The van der Waals surface area contributed by atoms with Crippen LogP contribution in [-0.2, 0) is 6.54 Å². The summed E-state index contributed by atoms with van der Waals surface area (Å²) in [5.74, 6) is 0.0421. The standard InChI is InChI=1S/C22H17N3O3S/c26-20(23-13-16-9-6-12-28-16)17-10-4-5-11-18(17)25-21(27)19-14-24-22(29-19)15-7-2-1-3-8-15/h1-12,14H,13H2,(H,23,26)(H,25,27). The van der Waals surface area contributed by atoms with E-state index in [9.17, 15) is 9.59 Å². The van der Waals surface area contributed by atoms with Crippen molar-refractivity contribution in [2.24, 2.45) is 0 Å². The van der Waals surface area contributed by atoms with Crippen LogP contribution in [0.2, 0.25) is 0 Å². The largest absolute Gasteiger partial charge is 0.467 e. The van der Waals surface area contributed by atoms with Gasteiger partial charge in [0.15, 0.2) is 0 Å². The molecule has 29 heavy (non-hydrogen) atoms. The lowest BCUT2D eigenvalue weighted by Crippen LogP contribution is -2.24. The third-order valence-electron chi connectivity index (χ3n) is 4.17. The second-order valence-electron chi connectivity index (χ2n) is 6.16. The van der Waals surface area contributed by atoms with E-state index in [1.165, 1.54) is 11.3 Å². The number of carbonyl (C=O) groups excluding carboxylic acids is 2. The van der Waals surface area contributed by atoms with Crippen LogP contribution in [0.3, 0.4) is 0 Å². The molecule has 6 nitrogen and oxygen atoms in total. The van der Waals surface area contributed by atoms with Crippen molar-refractivity contribution in [1.82, 2.24) is 10.3 Å². The van der Waals surface area contributed by atoms with E-state index in [2.05, 4.69) is 15.6 Å². The molecule has 0 aliphatic heterocycles. The van der Waals surface area contributed by atoms with E-state index in [4.69, 9.17) is 4.42 Å². The van der Waals surface area contributed by atoms with Crippen LogP contribution in [0.15, 0.2) is 83.6 Å². The van der Waals surface area contributed by atoms with E-state index in [0.29, 0.717) is 21.9 Å². The van der Waals surface area contributed by atoms with E-state index >= 15 is 0 Å². The van der Waals surface area contributed by atoms with Gasteiger partial charge in [-0.25, -0.2) is 4.98 Å². The van der Waals surface area contributed by atoms with E-state index in [0.717, 1.165) is 10.6 Å². The minimum absolute atomic E-state index is 0.267. The molecule has 2 amide bonds. The van der Waals surface area contributed by atoms with Gasteiger partial charge in [-0.05, 0) is 24.3 Å². The summed E-state index contributed by atoms with van der Waals surface area (Å²) in [6, 6.07) is 20.1. The monoisotopic (exact) mass is 403 g/mol. The third-order valence-corrected chi connectivity index (χ3v) is 5.22. The lowest BCUT2D eigenvalue weighted by atomic mass is 10.1. The number of aromatic nitrogens is 1. The predicted octanol–water partition coefficient (Wildman–Crippen LogP) is 4.59. The van der Waals surface area contributed by atoms with Gasteiger partial charge in [-0.1, -0.05) is 42.5 Å².